The van der Waals surface area contributed by atoms with Crippen LogP contribution < -0.4 is 9.64 Å². The standard InChI is InChI=1S/C40H55ClN2O6/c1-9-11-27-18-31(41)13-14-32(27)30-22-42(33-19-28(12-15-34(33)47-23-30)36(45)48-38(3,4)5)17-16-26(10-2)35(44)29-20-40(21-29)24-43(25-40)37(46)49-39(6,7)8/h12-15,18-20,26,30,35,44H,9-11,16-17,21-25H2,1-8H3. The molecule has 0 saturated carbocycles. The number of aliphatic hydroxyl groups excluding tert-OH is 1. The highest BCUT2D eigenvalue weighted by atomic mass is 35.5. The second kappa shape index (κ2) is 14.6. The van der Waals surface area contributed by atoms with Crippen LogP contribution in [0.25, 0.3) is 0 Å². The summed E-state index contributed by atoms with van der Waals surface area (Å²) >= 11 is 6.43. The number of likely N-dealkylation sites (tertiary alicyclic amines) is 1. The fourth-order valence-electron chi connectivity index (χ4n) is 7.36. The first-order chi connectivity index (χ1) is 23.0. The highest BCUT2D eigenvalue weighted by molar-refractivity contribution is 6.30. The van der Waals surface area contributed by atoms with Crippen LogP contribution in [0.3, 0.4) is 0 Å². The van der Waals surface area contributed by atoms with Gasteiger partial charge in [-0.2, -0.15) is 0 Å². The molecule has 1 spiro atoms. The molecule has 2 aromatic rings. The Bertz CT molecular complexity index is 1550. The maximum atomic E-state index is 13.1. The second-order valence-corrected chi connectivity index (χ2v) is 16.7. The number of rotatable bonds is 10. The molecule has 2 aromatic carbocycles. The normalized spacial score (nSPS) is 19.8. The molecule has 2 heterocycles. The molecule has 3 unspecified atom stereocenters. The Morgan fingerprint density at radius 2 is 1.73 bits per heavy atom. The fraction of sp³-hybridized carbons (Fsp3) is 0.600. The van der Waals surface area contributed by atoms with Gasteiger partial charge >= 0.3 is 12.1 Å². The van der Waals surface area contributed by atoms with Crippen molar-refractivity contribution in [3.63, 3.8) is 0 Å². The summed E-state index contributed by atoms with van der Waals surface area (Å²) in [6.07, 6.45) is 5.68. The van der Waals surface area contributed by atoms with Gasteiger partial charge in [0.2, 0.25) is 0 Å². The topological polar surface area (TPSA) is 88.5 Å². The van der Waals surface area contributed by atoms with Crippen LogP contribution in [-0.2, 0) is 15.9 Å². The molecule has 1 amide bonds. The van der Waals surface area contributed by atoms with Gasteiger partial charge in [0.15, 0.2) is 0 Å². The first kappa shape index (κ1) is 37.0. The van der Waals surface area contributed by atoms with Crippen molar-refractivity contribution in [3.8, 4) is 5.75 Å². The third-order valence-corrected chi connectivity index (χ3v) is 9.95. The highest BCUT2D eigenvalue weighted by Crippen LogP contribution is 2.49. The molecule has 5 rings (SSSR count). The third-order valence-electron chi connectivity index (χ3n) is 9.71. The molecule has 1 saturated heterocycles. The summed E-state index contributed by atoms with van der Waals surface area (Å²) in [7, 11) is 0. The number of aryl methyl sites for hydroxylation is 1. The Morgan fingerprint density at radius 1 is 1.04 bits per heavy atom. The average Bonchev–Trinajstić information content (AvgIpc) is 3.13. The molecule has 1 aliphatic carbocycles. The minimum absolute atomic E-state index is 0.0490. The van der Waals surface area contributed by atoms with Crippen LogP contribution in [0.1, 0.15) is 108 Å². The number of esters is 1. The summed E-state index contributed by atoms with van der Waals surface area (Å²) in [5.41, 5.74) is 3.69. The maximum Gasteiger partial charge on any atom is 0.410 e. The van der Waals surface area contributed by atoms with Crippen molar-refractivity contribution in [2.45, 2.75) is 111 Å². The van der Waals surface area contributed by atoms with E-state index >= 15 is 0 Å². The van der Waals surface area contributed by atoms with Gasteiger partial charge in [-0.05, 0) is 114 Å². The van der Waals surface area contributed by atoms with Gasteiger partial charge in [0.25, 0.3) is 0 Å². The number of carbonyl (C=O) groups excluding carboxylic acids is 2. The lowest BCUT2D eigenvalue weighted by molar-refractivity contribution is -0.0285. The predicted molar refractivity (Wildman–Crippen MR) is 195 cm³/mol. The first-order valence-electron chi connectivity index (χ1n) is 17.9. The zero-order valence-corrected chi connectivity index (χ0v) is 31.4. The van der Waals surface area contributed by atoms with E-state index in [1.807, 2.05) is 59.7 Å². The number of benzene rings is 2. The Hall–Kier alpha value is -3.23. The lowest BCUT2D eigenvalue weighted by Gasteiger charge is -2.54. The molecule has 3 aliphatic rings. The van der Waals surface area contributed by atoms with Gasteiger partial charge in [-0.3, -0.25) is 0 Å². The lowest BCUT2D eigenvalue weighted by atomic mass is 9.63. The smallest absolute Gasteiger partial charge is 0.410 e. The summed E-state index contributed by atoms with van der Waals surface area (Å²) in [6, 6.07) is 11.7. The summed E-state index contributed by atoms with van der Waals surface area (Å²) < 4.78 is 17.7. The van der Waals surface area contributed by atoms with Crippen molar-refractivity contribution in [2.24, 2.45) is 11.3 Å². The second-order valence-electron chi connectivity index (χ2n) is 16.2. The highest BCUT2D eigenvalue weighted by Gasteiger charge is 2.51. The van der Waals surface area contributed by atoms with E-state index < -0.39 is 17.3 Å². The maximum absolute atomic E-state index is 13.1. The molecule has 2 aliphatic heterocycles. The van der Waals surface area contributed by atoms with Gasteiger partial charge in [-0.25, -0.2) is 9.59 Å². The van der Waals surface area contributed by atoms with E-state index in [-0.39, 0.29) is 29.3 Å². The Morgan fingerprint density at radius 3 is 2.37 bits per heavy atom. The number of anilines is 1. The predicted octanol–water partition coefficient (Wildman–Crippen LogP) is 8.57. The molecular weight excluding hydrogens is 640 g/mol. The summed E-state index contributed by atoms with van der Waals surface area (Å²) in [5, 5.41) is 12.3. The van der Waals surface area contributed by atoms with Crippen molar-refractivity contribution in [1.29, 1.82) is 0 Å². The number of fused-ring (bicyclic) bond motifs is 1. The van der Waals surface area contributed by atoms with Gasteiger partial charge in [0.05, 0.1) is 24.0 Å². The van der Waals surface area contributed by atoms with Crippen LogP contribution >= 0.6 is 11.6 Å². The van der Waals surface area contributed by atoms with Crippen molar-refractivity contribution < 1.29 is 28.9 Å². The molecule has 49 heavy (non-hydrogen) atoms. The van der Waals surface area contributed by atoms with Gasteiger partial charge in [0, 0.05) is 42.5 Å². The van der Waals surface area contributed by atoms with Crippen LogP contribution in [0.2, 0.25) is 5.02 Å². The fourth-order valence-corrected chi connectivity index (χ4v) is 7.55. The zero-order valence-electron chi connectivity index (χ0n) is 30.6. The van der Waals surface area contributed by atoms with Crippen molar-refractivity contribution in [1.82, 2.24) is 4.90 Å². The van der Waals surface area contributed by atoms with Crippen LogP contribution in [-0.4, -0.2) is 72.2 Å². The molecule has 1 N–H and O–H groups in total. The number of ether oxygens (including phenoxy) is 3. The number of aliphatic hydroxyl groups is 1. The van der Waals surface area contributed by atoms with Crippen molar-refractivity contribution in [2.75, 3.05) is 37.7 Å². The van der Waals surface area contributed by atoms with Crippen LogP contribution in [0.4, 0.5) is 10.5 Å². The molecule has 1 fully saturated rings. The SMILES string of the molecule is CCCc1cc(Cl)ccc1C1COc2ccc(C(=O)OC(C)(C)C)cc2N(CCC(CC)C(O)C2=CC3(C2)CN(C(=O)OC(C)(C)C)C3)C1. The van der Waals surface area contributed by atoms with Crippen LogP contribution in [0.5, 0.6) is 5.75 Å². The average molecular weight is 695 g/mol. The van der Waals surface area contributed by atoms with E-state index in [1.54, 1.807) is 11.0 Å². The van der Waals surface area contributed by atoms with E-state index in [0.717, 1.165) is 54.1 Å². The Labute approximate surface area is 297 Å². The van der Waals surface area contributed by atoms with E-state index in [9.17, 15) is 14.7 Å². The summed E-state index contributed by atoms with van der Waals surface area (Å²) in [5.74, 6) is 0.504. The molecule has 0 bridgehead atoms. The van der Waals surface area contributed by atoms with E-state index in [0.29, 0.717) is 38.3 Å². The van der Waals surface area contributed by atoms with Gasteiger partial charge in [0.1, 0.15) is 17.0 Å². The number of nitrogens with zero attached hydrogens (tertiary/aromatic N) is 2. The van der Waals surface area contributed by atoms with Crippen molar-refractivity contribution in [3.05, 3.63) is 69.8 Å². The molecule has 3 atom stereocenters. The molecule has 0 aromatic heterocycles. The number of hydrogen-bond donors (Lipinski definition) is 1. The number of amides is 1. The molecule has 8 nitrogen and oxygen atoms in total. The van der Waals surface area contributed by atoms with Gasteiger partial charge in [-0.15, -0.1) is 0 Å². The van der Waals surface area contributed by atoms with Gasteiger partial charge in [-0.1, -0.05) is 50.4 Å². The first-order valence-corrected chi connectivity index (χ1v) is 18.3. The van der Waals surface area contributed by atoms with Crippen molar-refractivity contribution >= 4 is 29.4 Å². The molecule has 268 valence electrons. The molecule has 0 radical (unpaired) electrons. The monoisotopic (exact) mass is 694 g/mol. The minimum atomic E-state index is -0.609. The van der Waals surface area contributed by atoms with E-state index in [4.69, 9.17) is 25.8 Å². The number of halogens is 1. The molecular formula is C40H55ClN2O6. The quantitative estimate of drug-likeness (QED) is 0.197. The zero-order chi connectivity index (χ0) is 35.7. The van der Waals surface area contributed by atoms with E-state index in [1.165, 1.54) is 11.1 Å². The van der Waals surface area contributed by atoms with E-state index in [2.05, 4.69) is 37.0 Å². The van der Waals surface area contributed by atoms with Crippen LogP contribution in [0, 0.1) is 11.3 Å². The van der Waals surface area contributed by atoms with Crippen LogP contribution in [0.15, 0.2) is 48.0 Å². The minimum Gasteiger partial charge on any atom is -0.491 e. The largest absolute Gasteiger partial charge is 0.491 e. The molecule has 9 heteroatoms. The third kappa shape index (κ3) is 8.93. The number of carbonyl (C=O) groups is 2. The van der Waals surface area contributed by atoms with Gasteiger partial charge < -0.3 is 29.1 Å². The summed E-state index contributed by atoms with van der Waals surface area (Å²) in [4.78, 5) is 29.7. The Kier molecular flexibility index (Phi) is 11.0. The lowest BCUT2D eigenvalue weighted by Crippen LogP contribution is -2.61. The number of hydrogen-bond acceptors (Lipinski definition) is 7. The summed E-state index contributed by atoms with van der Waals surface area (Å²) in [6.45, 7) is 18.7. The Balaban J connectivity index is 1.34.